The molecule has 196 valence electrons. The summed E-state index contributed by atoms with van der Waals surface area (Å²) in [7, 11) is 0. The molecule has 0 spiro atoms. The zero-order valence-corrected chi connectivity index (χ0v) is 23.4. The Hall–Kier alpha value is -1.90. The highest BCUT2D eigenvalue weighted by molar-refractivity contribution is 7.16. The molecule has 1 N–H and O–H groups in total. The summed E-state index contributed by atoms with van der Waals surface area (Å²) in [4.78, 5) is 35.1. The number of imidazole rings is 1. The fourth-order valence-electron chi connectivity index (χ4n) is 6.72. The van der Waals surface area contributed by atoms with Crippen LogP contribution in [0.4, 0.5) is 0 Å². The maximum absolute atomic E-state index is 12.5. The first-order valence-electron chi connectivity index (χ1n) is 13.3. The molecule has 3 aliphatic heterocycles. The third-order valence-corrected chi connectivity index (χ3v) is 9.59. The van der Waals surface area contributed by atoms with Gasteiger partial charge in [0.2, 0.25) is 11.8 Å². The van der Waals surface area contributed by atoms with Gasteiger partial charge in [0.15, 0.2) is 0 Å². The van der Waals surface area contributed by atoms with Crippen LogP contribution in [0.1, 0.15) is 87.0 Å². The minimum Gasteiger partial charge on any atom is -0.349 e. The van der Waals surface area contributed by atoms with E-state index in [4.69, 9.17) is 16.6 Å². The molecule has 36 heavy (non-hydrogen) atoms. The van der Waals surface area contributed by atoms with Gasteiger partial charge >= 0.3 is 0 Å². The van der Waals surface area contributed by atoms with Gasteiger partial charge in [-0.2, -0.15) is 0 Å². The number of thiophene rings is 1. The molecule has 5 rings (SSSR count). The number of hydrogen-bond donors (Lipinski definition) is 1. The second-order valence-corrected chi connectivity index (χ2v) is 12.8. The fraction of sp³-hybridized carbons (Fsp3) is 0.667. The van der Waals surface area contributed by atoms with Crippen molar-refractivity contribution in [1.82, 2.24) is 24.7 Å². The summed E-state index contributed by atoms with van der Waals surface area (Å²) in [6, 6.07) is 5.57. The van der Waals surface area contributed by atoms with Crippen LogP contribution >= 0.6 is 22.9 Å². The molecule has 0 saturated carbocycles. The molecule has 9 heteroatoms. The van der Waals surface area contributed by atoms with Crippen molar-refractivity contribution in [3.8, 4) is 0 Å². The van der Waals surface area contributed by atoms with Crippen LogP contribution in [0.15, 0.2) is 12.1 Å². The van der Waals surface area contributed by atoms with Gasteiger partial charge in [-0.1, -0.05) is 25.4 Å². The SMILES string of the molecule is CC(=O)N[C@@H](CCN1C2CCC1CC(n1c(C)nc3c1CCN(C(=O)C(C)C)C3)C2)c1ccc(Cl)s1. The lowest BCUT2D eigenvalue weighted by atomic mass is 9.95. The van der Waals surface area contributed by atoms with Gasteiger partial charge in [-0.05, 0) is 51.2 Å². The van der Waals surface area contributed by atoms with Gasteiger partial charge in [0.25, 0.3) is 0 Å². The molecule has 3 atom stereocenters. The number of hydrogen-bond acceptors (Lipinski definition) is 5. The molecular formula is C27H38ClN5O2S. The van der Waals surface area contributed by atoms with Gasteiger partial charge in [-0.3, -0.25) is 14.5 Å². The molecule has 2 bridgehead atoms. The number of nitrogens with zero attached hydrogens (tertiary/aromatic N) is 4. The molecule has 0 aromatic carbocycles. The molecule has 3 aliphatic rings. The summed E-state index contributed by atoms with van der Waals surface area (Å²) in [6.07, 6.45) is 6.56. The minimum atomic E-state index is 0.000203. The van der Waals surface area contributed by atoms with Crippen LogP contribution < -0.4 is 5.32 Å². The number of aryl methyl sites for hydroxylation is 1. The number of carbonyl (C=O) groups excluding carboxylic acids is 2. The lowest BCUT2D eigenvalue weighted by Gasteiger charge is -2.41. The minimum absolute atomic E-state index is 0.000203. The van der Waals surface area contributed by atoms with Crippen molar-refractivity contribution in [2.24, 2.45) is 5.92 Å². The highest BCUT2D eigenvalue weighted by Gasteiger charge is 2.42. The number of rotatable bonds is 7. The Morgan fingerprint density at radius 1 is 1.19 bits per heavy atom. The zero-order valence-electron chi connectivity index (χ0n) is 21.8. The van der Waals surface area contributed by atoms with Crippen molar-refractivity contribution in [1.29, 1.82) is 0 Å². The largest absolute Gasteiger partial charge is 0.349 e. The lowest BCUT2D eigenvalue weighted by molar-refractivity contribution is -0.135. The molecule has 2 aromatic rings. The van der Waals surface area contributed by atoms with E-state index in [-0.39, 0.29) is 23.8 Å². The van der Waals surface area contributed by atoms with E-state index >= 15 is 0 Å². The van der Waals surface area contributed by atoms with Crippen LogP contribution in [0.25, 0.3) is 0 Å². The summed E-state index contributed by atoms with van der Waals surface area (Å²) in [5.41, 5.74) is 2.44. The van der Waals surface area contributed by atoms with E-state index in [1.807, 2.05) is 30.9 Å². The van der Waals surface area contributed by atoms with Crippen molar-refractivity contribution < 1.29 is 9.59 Å². The van der Waals surface area contributed by atoms with Gasteiger partial charge in [0.1, 0.15) is 5.82 Å². The van der Waals surface area contributed by atoms with Gasteiger partial charge in [0.05, 0.1) is 22.6 Å². The molecule has 0 aliphatic carbocycles. The van der Waals surface area contributed by atoms with Crippen molar-refractivity contribution in [3.05, 3.63) is 38.6 Å². The number of carbonyl (C=O) groups is 2. The number of fused-ring (bicyclic) bond motifs is 3. The molecule has 2 unspecified atom stereocenters. The second kappa shape index (κ2) is 10.5. The van der Waals surface area contributed by atoms with Gasteiger partial charge < -0.3 is 14.8 Å². The van der Waals surface area contributed by atoms with Crippen molar-refractivity contribution in [2.45, 2.75) is 96.9 Å². The number of amides is 2. The summed E-state index contributed by atoms with van der Waals surface area (Å²) in [6.45, 7) is 10.1. The van der Waals surface area contributed by atoms with Crippen LogP contribution in [-0.2, 0) is 22.6 Å². The molecule has 2 amide bonds. The quantitative estimate of drug-likeness (QED) is 0.552. The van der Waals surface area contributed by atoms with Crippen molar-refractivity contribution in [2.75, 3.05) is 13.1 Å². The second-order valence-electron chi connectivity index (χ2n) is 11.0. The normalized spacial score (nSPS) is 24.7. The standard InChI is InChI=1S/C27H38ClN5O2S/c1-16(2)27(35)31-11-10-24-23(15-31)29-17(3)33(24)21-13-19-5-6-20(14-21)32(19)12-9-22(30-18(4)34)25-7-8-26(28)36-25/h7-8,16,19-22H,5-6,9-15H2,1-4H3,(H,30,34)/t19?,20?,21?,22-/m0/s1. The van der Waals surface area contributed by atoms with E-state index < -0.39 is 0 Å². The summed E-state index contributed by atoms with van der Waals surface area (Å²) < 4.78 is 3.28. The lowest BCUT2D eigenvalue weighted by Crippen LogP contribution is -2.45. The average molecular weight is 532 g/mol. The van der Waals surface area contributed by atoms with Gasteiger partial charge in [0, 0.05) is 61.0 Å². The Kier molecular flexibility index (Phi) is 7.48. The topological polar surface area (TPSA) is 70.5 Å². The third kappa shape index (κ3) is 5.09. The maximum atomic E-state index is 12.5. The molecule has 7 nitrogen and oxygen atoms in total. The third-order valence-electron chi connectivity index (χ3n) is 8.25. The molecule has 2 saturated heterocycles. The number of aromatic nitrogens is 2. The Morgan fingerprint density at radius 3 is 2.53 bits per heavy atom. The summed E-state index contributed by atoms with van der Waals surface area (Å²) >= 11 is 7.74. The summed E-state index contributed by atoms with van der Waals surface area (Å²) in [5, 5.41) is 3.14. The Bertz CT molecular complexity index is 1110. The number of halogens is 1. The number of piperidine rings is 1. The van der Waals surface area contributed by atoms with Crippen LogP contribution in [0.2, 0.25) is 4.34 Å². The van der Waals surface area contributed by atoms with Crippen LogP contribution in [0.3, 0.4) is 0 Å². The monoisotopic (exact) mass is 531 g/mol. The average Bonchev–Trinajstić information content (AvgIpc) is 3.47. The highest BCUT2D eigenvalue weighted by Crippen LogP contribution is 2.43. The van der Waals surface area contributed by atoms with Gasteiger partial charge in [-0.15, -0.1) is 11.3 Å². The first-order chi connectivity index (χ1) is 17.2. The predicted molar refractivity (Wildman–Crippen MR) is 143 cm³/mol. The first kappa shape index (κ1) is 25.7. The molecule has 5 heterocycles. The van der Waals surface area contributed by atoms with E-state index in [0.717, 1.165) is 59.5 Å². The zero-order chi connectivity index (χ0) is 25.6. The van der Waals surface area contributed by atoms with E-state index in [1.165, 1.54) is 18.5 Å². The van der Waals surface area contributed by atoms with E-state index in [9.17, 15) is 9.59 Å². The van der Waals surface area contributed by atoms with E-state index in [0.29, 0.717) is 24.7 Å². The molecule has 2 aromatic heterocycles. The first-order valence-corrected chi connectivity index (χ1v) is 14.5. The van der Waals surface area contributed by atoms with Crippen molar-refractivity contribution in [3.63, 3.8) is 0 Å². The summed E-state index contributed by atoms with van der Waals surface area (Å²) in [5.74, 6) is 1.34. The van der Waals surface area contributed by atoms with E-state index in [2.05, 4.69) is 21.7 Å². The Morgan fingerprint density at radius 2 is 1.92 bits per heavy atom. The molecular weight excluding hydrogens is 494 g/mol. The van der Waals surface area contributed by atoms with E-state index in [1.54, 1.807) is 18.3 Å². The fourth-order valence-corrected chi connectivity index (χ4v) is 7.87. The van der Waals surface area contributed by atoms with Crippen LogP contribution in [-0.4, -0.2) is 56.3 Å². The Balaban J connectivity index is 1.26. The predicted octanol–water partition coefficient (Wildman–Crippen LogP) is 4.88. The van der Waals surface area contributed by atoms with Crippen LogP contribution in [0, 0.1) is 12.8 Å². The highest BCUT2D eigenvalue weighted by atomic mass is 35.5. The molecule has 0 radical (unpaired) electrons. The molecule has 2 fully saturated rings. The smallest absolute Gasteiger partial charge is 0.225 e. The van der Waals surface area contributed by atoms with Crippen LogP contribution in [0.5, 0.6) is 0 Å². The van der Waals surface area contributed by atoms with Crippen molar-refractivity contribution >= 4 is 34.8 Å². The Labute approximate surface area is 223 Å². The van der Waals surface area contributed by atoms with Gasteiger partial charge in [-0.25, -0.2) is 4.98 Å². The maximum Gasteiger partial charge on any atom is 0.225 e. The number of nitrogens with one attached hydrogen (secondary N) is 1.